The van der Waals surface area contributed by atoms with E-state index >= 15 is 0 Å². The summed E-state index contributed by atoms with van der Waals surface area (Å²) < 4.78 is 64.2. The van der Waals surface area contributed by atoms with Gasteiger partial charge in [-0.15, -0.1) is 12.4 Å². The van der Waals surface area contributed by atoms with E-state index < -0.39 is 21.8 Å². The molecule has 4 nitrogen and oxygen atoms in total. The number of rotatable bonds is 3. The van der Waals surface area contributed by atoms with Gasteiger partial charge in [-0.1, -0.05) is 0 Å². The van der Waals surface area contributed by atoms with E-state index in [0.717, 1.165) is 18.2 Å². The molecule has 1 N–H and O–H groups in total. The first-order valence-corrected chi connectivity index (χ1v) is 7.95. The molecule has 22 heavy (non-hydrogen) atoms. The lowest BCUT2D eigenvalue weighted by Crippen LogP contribution is -2.33. The van der Waals surface area contributed by atoms with Crippen LogP contribution in [-0.4, -0.2) is 38.9 Å². The van der Waals surface area contributed by atoms with Crippen molar-refractivity contribution in [1.29, 1.82) is 0 Å². The molecular weight excluding hydrogens is 341 g/mol. The van der Waals surface area contributed by atoms with E-state index in [2.05, 4.69) is 5.32 Å². The Morgan fingerprint density at radius 3 is 2.41 bits per heavy atom. The Hall–Kier alpha value is -0.830. The van der Waals surface area contributed by atoms with E-state index in [4.69, 9.17) is 0 Å². The second-order valence-corrected chi connectivity index (χ2v) is 7.02. The van der Waals surface area contributed by atoms with Gasteiger partial charge < -0.3 is 5.32 Å². The summed E-state index contributed by atoms with van der Waals surface area (Å²) in [6, 6.07) is 2.80. The first kappa shape index (κ1) is 19.2. The molecule has 1 unspecified atom stereocenters. The van der Waals surface area contributed by atoms with Crippen molar-refractivity contribution in [2.24, 2.45) is 0 Å². The van der Waals surface area contributed by atoms with Crippen LogP contribution in [0.5, 0.6) is 0 Å². The van der Waals surface area contributed by atoms with Gasteiger partial charge in [-0.2, -0.15) is 17.5 Å². The van der Waals surface area contributed by atoms with Crippen LogP contribution in [0.15, 0.2) is 23.1 Å². The molecule has 0 radical (unpaired) electrons. The van der Waals surface area contributed by atoms with Gasteiger partial charge in [-0.3, -0.25) is 0 Å². The van der Waals surface area contributed by atoms with Gasteiger partial charge in [0.25, 0.3) is 0 Å². The highest BCUT2D eigenvalue weighted by molar-refractivity contribution is 7.89. The van der Waals surface area contributed by atoms with Crippen LogP contribution in [0.4, 0.5) is 13.2 Å². The van der Waals surface area contributed by atoms with Gasteiger partial charge in [0.15, 0.2) is 0 Å². The minimum Gasteiger partial charge on any atom is -0.316 e. The molecule has 9 heteroatoms. The van der Waals surface area contributed by atoms with Crippen molar-refractivity contribution < 1.29 is 21.6 Å². The Balaban J connectivity index is 0.00000242. The second-order valence-electron chi connectivity index (χ2n) is 5.12. The summed E-state index contributed by atoms with van der Waals surface area (Å²) in [4.78, 5) is -0.0627. The number of nitrogens with zero attached hydrogens (tertiary/aromatic N) is 1. The largest absolute Gasteiger partial charge is 0.416 e. The SMILES string of the molecule is CNC1CCN(S(=O)(=O)c2ccc(C(F)(F)F)cc2C)C1.Cl. The van der Waals surface area contributed by atoms with Gasteiger partial charge in [0, 0.05) is 19.1 Å². The lowest BCUT2D eigenvalue weighted by molar-refractivity contribution is -0.137. The molecule has 0 aliphatic carbocycles. The third-order valence-corrected chi connectivity index (χ3v) is 5.70. The molecule has 0 aromatic heterocycles. The van der Waals surface area contributed by atoms with Crippen molar-refractivity contribution >= 4 is 22.4 Å². The Kier molecular flexibility index (Phi) is 5.88. The van der Waals surface area contributed by atoms with Crippen molar-refractivity contribution in [3.8, 4) is 0 Å². The van der Waals surface area contributed by atoms with Crippen LogP contribution in [0.3, 0.4) is 0 Å². The number of nitrogens with one attached hydrogen (secondary N) is 1. The molecule has 0 saturated carbocycles. The van der Waals surface area contributed by atoms with E-state index in [1.165, 1.54) is 11.2 Å². The van der Waals surface area contributed by atoms with Crippen LogP contribution >= 0.6 is 12.4 Å². The van der Waals surface area contributed by atoms with Gasteiger partial charge in [0.2, 0.25) is 10.0 Å². The van der Waals surface area contributed by atoms with Crippen molar-refractivity contribution in [2.45, 2.75) is 30.5 Å². The average Bonchev–Trinajstić information content (AvgIpc) is 2.86. The minimum atomic E-state index is -4.47. The molecule has 1 saturated heterocycles. The third-order valence-electron chi connectivity index (χ3n) is 3.68. The number of hydrogen-bond donors (Lipinski definition) is 1. The first-order chi connectivity index (χ1) is 9.66. The van der Waals surface area contributed by atoms with Gasteiger partial charge in [-0.05, 0) is 44.2 Å². The molecule has 1 atom stereocenters. The quantitative estimate of drug-likeness (QED) is 0.902. The topological polar surface area (TPSA) is 49.4 Å². The monoisotopic (exact) mass is 358 g/mol. The zero-order chi connectivity index (χ0) is 15.8. The minimum absolute atomic E-state index is 0. The predicted octanol–water partition coefficient (Wildman–Crippen LogP) is 2.42. The summed E-state index contributed by atoms with van der Waals surface area (Å²) in [7, 11) is -1.99. The normalized spacial score (nSPS) is 20.0. The lowest BCUT2D eigenvalue weighted by Gasteiger charge is -2.19. The van der Waals surface area contributed by atoms with Crippen LogP contribution in [-0.2, 0) is 16.2 Å². The van der Waals surface area contributed by atoms with E-state index in [-0.39, 0.29) is 28.9 Å². The smallest absolute Gasteiger partial charge is 0.316 e. The molecule has 1 aliphatic heterocycles. The molecule has 1 aromatic carbocycles. The Bertz CT molecular complexity index is 635. The summed E-state index contributed by atoms with van der Waals surface area (Å²) in [6.07, 6.45) is -3.78. The summed E-state index contributed by atoms with van der Waals surface area (Å²) in [6.45, 7) is 2.08. The fourth-order valence-electron chi connectivity index (χ4n) is 2.44. The Labute approximate surface area is 134 Å². The maximum atomic E-state index is 12.6. The number of hydrogen-bond acceptors (Lipinski definition) is 3. The number of sulfonamides is 1. The summed E-state index contributed by atoms with van der Waals surface area (Å²) in [5.74, 6) is 0. The molecule has 1 aromatic rings. The van der Waals surface area contributed by atoms with Crippen LogP contribution in [0.2, 0.25) is 0 Å². The van der Waals surface area contributed by atoms with Crippen molar-refractivity contribution in [2.75, 3.05) is 20.1 Å². The van der Waals surface area contributed by atoms with Gasteiger partial charge in [-0.25, -0.2) is 8.42 Å². The molecule has 0 amide bonds. The number of benzene rings is 1. The van der Waals surface area contributed by atoms with Gasteiger partial charge in [0.05, 0.1) is 10.5 Å². The van der Waals surface area contributed by atoms with Gasteiger partial charge >= 0.3 is 6.18 Å². The fraction of sp³-hybridized carbons (Fsp3) is 0.538. The second kappa shape index (κ2) is 6.74. The highest BCUT2D eigenvalue weighted by Crippen LogP contribution is 2.32. The van der Waals surface area contributed by atoms with Crippen LogP contribution in [0.1, 0.15) is 17.5 Å². The molecule has 0 spiro atoms. The average molecular weight is 359 g/mol. The highest BCUT2D eigenvalue weighted by atomic mass is 35.5. The van der Waals surface area contributed by atoms with E-state index in [0.29, 0.717) is 19.5 Å². The van der Waals surface area contributed by atoms with Crippen LogP contribution < -0.4 is 5.32 Å². The molecule has 1 fully saturated rings. The summed E-state index contributed by atoms with van der Waals surface area (Å²) >= 11 is 0. The van der Waals surface area contributed by atoms with E-state index in [9.17, 15) is 21.6 Å². The zero-order valence-corrected chi connectivity index (χ0v) is 13.8. The molecular formula is C13H18ClF3N2O2S. The van der Waals surface area contributed by atoms with Crippen LogP contribution in [0.25, 0.3) is 0 Å². The predicted molar refractivity (Wildman–Crippen MR) is 79.7 cm³/mol. The fourth-order valence-corrected chi connectivity index (χ4v) is 4.14. The first-order valence-electron chi connectivity index (χ1n) is 6.51. The molecule has 126 valence electrons. The highest BCUT2D eigenvalue weighted by Gasteiger charge is 2.35. The zero-order valence-electron chi connectivity index (χ0n) is 12.1. The van der Waals surface area contributed by atoms with Crippen LogP contribution in [0, 0.1) is 6.92 Å². The number of halogens is 4. The van der Waals surface area contributed by atoms with Crippen molar-refractivity contribution in [3.63, 3.8) is 0 Å². The maximum absolute atomic E-state index is 12.6. The molecule has 1 heterocycles. The lowest BCUT2D eigenvalue weighted by atomic mass is 10.1. The third kappa shape index (κ3) is 3.73. The van der Waals surface area contributed by atoms with Gasteiger partial charge in [0.1, 0.15) is 0 Å². The number of likely N-dealkylation sites (N-methyl/N-ethyl adjacent to an activating group) is 1. The Morgan fingerprint density at radius 1 is 1.32 bits per heavy atom. The maximum Gasteiger partial charge on any atom is 0.416 e. The number of aryl methyl sites for hydroxylation is 1. The summed E-state index contributed by atoms with van der Waals surface area (Å²) in [5, 5.41) is 3.01. The van der Waals surface area contributed by atoms with Crippen molar-refractivity contribution in [1.82, 2.24) is 9.62 Å². The molecule has 0 bridgehead atoms. The molecule has 1 aliphatic rings. The van der Waals surface area contributed by atoms with E-state index in [1.54, 1.807) is 7.05 Å². The van der Waals surface area contributed by atoms with E-state index in [1.807, 2.05) is 0 Å². The van der Waals surface area contributed by atoms with Crippen molar-refractivity contribution in [3.05, 3.63) is 29.3 Å². The Morgan fingerprint density at radius 2 is 1.95 bits per heavy atom. The molecule has 2 rings (SSSR count). The standard InChI is InChI=1S/C13H17F3N2O2S.ClH/c1-9-7-10(13(14,15)16)3-4-12(9)21(19,20)18-6-5-11(8-18)17-2;/h3-4,7,11,17H,5-6,8H2,1-2H3;1H. The summed E-state index contributed by atoms with van der Waals surface area (Å²) in [5.41, 5.74) is -0.730. The number of alkyl halides is 3.